The molecule has 170 valence electrons. The maximum Gasteiger partial charge on any atom is 0.433 e. The molecule has 1 N–H and O–H groups in total. The molecule has 0 bridgehead atoms. The molecule has 1 heterocycles. The van der Waals surface area contributed by atoms with Crippen LogP contribution in [0.1, 0.15) is 43.0 Å². The molecule has 0 aliphatic heterocycles. The van der Waals surface area contributed by atoms with E-state index in [4.69, 9.17) is 14.6 Å². The highest BCUT2D eigenvalue weighted by atomic mass is 19.4. The third-order valence-electron chi connectivity index (χ3n) is 4.81. The number of unbranched alkanes of at least 4 members (excludes halogenated alkanes) is 1. The minimum atomic E-state index is -4.56. The van der Waals surface area contributed by atoms with Crippen molar-refractivity contribution in [2.75, 3.05) is 6.61 Å². The first-order chi connectivity index (χ1) is 15.3. The number of carboxylic acid groups (broad SMARTS) is 1. The van der Waals surface area contributed by atoms with Gasteiger partial charge in [-0.2, -0.15) is 13.2 Å². The molecule has 1 aromatic heterocycles. The highest BCUT2D eigenvalue weighted by Crippen LogP contribution is 2.35. The molecule has 3 aromatic rings. The van der Waals surface area contributed by atoms with Gasteiger partial charge in [-0.25, -0.2) is 4.98 Å². The molecule has 5 nitrogen and oxygen atoms in total. The van der Waals surface area contributed by atoms with Gasteiger partial charge in [-0.15, -0.1) is 0 Å². The number of nitrogens with zero attached hydrogens (tertiary/aromatic N) is 1. The first kappa shape index (κ1) is 23.4. The van der Waals surface area contributed by atoms with Crippen molar-refractivity contribution in [2.24, 2.45) is 0 Å². The summed E-state index contributed by atoms with van der Waals surface area (Å²) in [5, 5.41) is 9.32. The van der Waals surface area contributed by atoms with Gasteiger partial charge in [0.25, 0.3) is 0 Å². The van der Waals surface area contributed by atoms with E-state index in [0.29, 0.717) is 24.2 Å². The quantitative estimate of drug-likeness (QED) is 0.385. The van der Waals surface area contributed by atoms with Crippen LogP contribution in [0.15, 0.2) is 48.5 Å². The molecule has 0 saturated carbocycles. The summed E-state index contributed by atoms with van der Waals surface area (Å²) in [5.74, 6) is -0.141. The number of hydrogen-bond acceptors (Lipinski definition) is 4. The summed E-state index contributed by atoms with van der Waals surface area (Å²) in [5.41, 5.74) is 0.804. The Bertz CT molecular complexity index is 1080. The predicted octanol–water partition coefficient (Wildman–Crippen LogP) is 6.03. The number of pyridine rings is 1. The maximum absolute atomic E-state index is 13.2. The monoisotopic (exact) mass is 447 g/mol. The van der Waals surface area contributed by atoms with Crippen LogP contribution in [-0.4, -0.2) is 22.7 Å². The Labute approximate surface area is 183 Å². The van der Waals surface area contributed by atoms with Crippen molar-refractivity contribution < 1.29 is 32.5 Å². The Morgan fingerprint density at radius 2 is 1.88 bits per heavy atom. The third-order valence-corrected chi connectivity index (χ3v) is 4.81. The van der Waals surface area contributed by atoms with E-state index < -0.39 is 17.8 Å². The molecule has 3 rings (SSSR count). The van der Waals surface area contributed by atoms with Crippen molar-refractivity contribution in [3.63, 3.8) is 0 Å². The summed E-state index contributed by atoms with van der Waals surface area (Å²) in [4.78, 5) is 14.5. The van der Waals surface area contributed by atoms with Crippen LogP contribution in [0.3, 0.4) is 0 Å². The minimum Gasteiger partial charge on any atom is -0.493 e. The Morgan fingerprint density at radius 3 is 2.59 bits per heavy atom. The van der Waals surface area contributed by atoms with Crippen LogP contribution >= 0.6 is 0 Å². The fourth-order valence-corrected chi connectivity index (χ4v) is 3.13. The second-order valence-electron chi connectivity index (χ2n) is 7.39. The van der Waals surface area contributed by atoms with Crippen molar-refractivity contribution in [1.82, 2.24) is 4.98 Å². The van der Waals surface area contributed by atoms with Crippen LogP contribution in [0.2, 0.25) is 0 Å². The molecule has 0 radical (unpaired) electrons. The lowest BCUT2D eigenvalue weighted by Gasteiger charge is -2.14. The van der Waals surface area contributed by atoms with Crippen LogP contribution in [0.25, 0.3) is 10.9 Å². The van der Waals surface area contributed by atoms with Crippen molar-refractivity contribution in [3.05, 3.63) is 65.4 Å². The second-order valence-corrected chi connectivity index (χ2v) is 7.39. The number of aryl methyl sites for hydroxylation is 1. The molecular weight excluding hydrogens is 423 g/mol. The SMILES string of the molecule is CCCCOc1cc(C(F)(F)F)nc2ccc(COc3cccc(CCC(=O)O)c3)cc12. The number of rotatable bonds is 10. The van der Waals surface area contributed by atoms with Gasteiger partial charge < -0.3 is 14.6 Å². The molecule has 2 aromatic carbocycles. The van der Waals surface area contributed by atoms with Crippen LogP contribution in [0, 0.1) is 0 Å². The van der Waals surface area contributed by atoms with Gasteiger partial charge in [-0.3, -0.25) is 4.79 Å². The number of carboxylic acids is 1. The summed E-state index contributed by atoms with van der Waals surface area (Å²) in [6.07, 6.45) is -2.55. The standard InChI is InChI=1S/C24H24F3NO4/c1-2-3-11-31-21-14-22(24(25,26)27)28-20-9-7-17(13-19(20)21)15-32-18-6-4-5-16(12-18)8-10-23(29)30/h4-7,9,12-14H,2-3,8,10-11,15H2,1H3,(H,29,30). The van der Waals surface area contributed by atoms with E-state index in [1.54, 1.807) is 30.3 Å². The zero-order valence-electron chi connectivity index (χ0n) is 17.6. The topological polar surface area (TPSA) is 68.7 Å². The van der Waals surface area contributed by atoms with Gasteiger partial charge in [-0.1, -0.05) is 31.5 Å². The van der Waals surface area contributed by atoms with Crippen LogP contribution < -0.4 is 9.47 Å². The van der Waals surface area contributed by atoms with Crippen LogP contribution in [-0.2, 0) is 24.0 Å². The third kappa shape index (κ3) is 6.35. The van der Waals surface area contributed by atoms with Crippen molar-refractivity contribution in [2.45, 2.75) is 45.4 Å². The Kier molecular flexibility index (Phi) is 7.56. The average Bonchev–Trinajstić information content (AvgIpc) is 2.76. The summed E-state index contributed by atoms with van der Waals surface area (Å²) >= 11 is 0. The van der Waals surface area contributed by atoms with Crippen LogP contribution in [0.5, 0.6) is 11.5 Å². The largest absolute Gasteiger partial charge is 0.493 e. The molecule has 32 heavy (non-hydrogen) atoms. The lowest BCUT2D eigenvalue weighted by molar-refractivity contribution is -0.141. The predicted molar refractivity (Wildman–Crippen MR) is 114 cm³/mol. The molecule has 8 heteroatoms. The number of ether oxygens (including phenoxy) is 2. The number of aromatic nitrogens is 1. The zero-order chi connectivity index (χ0) is 23.1. The molecular formula is C24H24F3NO4. The van der Waals surface area contributed by atoms with Gasteiger partial charge in [0.2, 0.25) is 0 Å². The van der Waals surface area contributed by atoms with Gasteiger partial charge in [0.05, 0.1) is 12.1 Å². The lowest BCUT2D eigenvalue weighted by Crippen LogP contribution is -2.09. The smallest absolute Gasteiger partial charge is 0.433 e. The lowest BCUT2D eigenvalue weighted by atomic mass is 10.1. The van der Waals surface area contributed by atoms with E-state index in [-0.39, 0.29) is 24.3 Å². The zero-order valence-corrected chi connectivity index (χ0v) is 17.6. The van der Waals surface area contributed by atoms with E-state index in [1.807, 2.05) is 13.0 Å². The van der Waals surface area contributed by atoms with E-state index in [1.165, 1.54) is 6.07 Å². The Balaban J connectivity index is 1.81. The fourth-order valence-electron chi connectivity index (χ4n) is 3.13. The summed E-state index contributed by atoms with van der Waals surface area (Å²) in [7, 11) is 0. The number of fused-ring (bicyclic) bond motifs is 1. The van der Waals surface area contributed by atoms with E-state index in [2.05, 4.69) is 4.98 Å². The molecule has 0 aliphatic carbocycles. The number of halogens is 3. The first-order valence-corrected chi connectivity index (χ1v) is 10.3. The van der Waals surface area contributed by atoms with Gasteiger partial charge >= 0.3 is 12.1 Å². The molecule has 0 spiro atoms. The number of carbonyl (C=O) groups is 1. The number of alkyl halides is 3. The summed E-state index contributed by atoms with van der Waals surface area (Å²) < 4.78 is 51.2. The highest BCUT2D eigenvalue weighted by molar-refractivity contribution is 5.86. The number of hydrogen-bond donors (Lipinski definition) is 1. The minimum absolute atomic E-state index is 0.0296. The van der Waals surface area contributed by atoms with Crippen molar-refractivity contribution >= 4 is 16.9 Å². The molecule has 0 saturated heterocycles. The highest BCUT2D eigenvalue weighted by Gasteiger charge is 2.33. The van der Waals surface area contributed by atoms with Gasteiger partial charge in [0, 0.05) is 17.9 Å². The summed E-state index contributed by atoms with van der Waals surface area (Å²) in [6, 6.07) is 13.0. The second kappa shape index (κ2) is 10.3. The van der Waals surface area contributed by atoms with Crippen molar-refractivity contribution in [3.8, 4) is 11.5 Å². The van der Waals surface area contributed by atoms with Gasteiger partial charge in [-0.05, 0) is 48.2 Å². The van der Waals surface area contributed by atoms with E-state index >= 15 is 0 Å². The normalized spacial score (nSPS) is 11.5. The molecule has 0 amide bonds. The summed E-state index contributed by atoms with van der Waals surface area (Å²) in [6.45, 7) is 2.48. The first-order valence-electron chi connectivity index (χ1n) is 10.3. The molecule has 0 fully saturated rings. The molecule has 0 atom stereocenters. The average molecular weight is 447 g/mol. The molecule has 0 unspecified atom stereocenters. The Morgan fingerprint density at radius 1 is 1.06 bits per heavy atom. The number of benzene rings is 2. The van der Waals surface area contributed by atoms with E-state index in [0.717, 1.165) is 30.0 Å². The van der Waals surface area contributed by atoms with Gasteiger partial charge in [0.1, 0.15) is 23.8 Å². The Hall–Kier alpha value is -3.29. The van der Waals surface area contributed by atoms with Crippen molar-refractivity contribution in [1.29, 1.82) is 0 Å². The van der Waals surface area contributed by atoms with Gasteiger partial charge in [0.15, 0.2) is 0 Å². The maximum atomic E-state index is 13.2. The number of aliphatic carboxylic acids is 1. The molecule has 0 aliphatic rings. The van der Waals surface area contributed by atoms with E-state index in [9.17, 15) is 18.0 Å². The fraction of sp³-hybridized carbons (Fsp3) is 0.333. The van der Waals surface area contributed by atoms with Crippen LogP contribution in [0.4, 0.5) is 13.2 Å².